The third kappa shape index (κ3) is 3.77. The van der Waals surface area contributed by atoms with Crippen molar-refractivity contribution in [1.82, 2.24) is 14.8 Å². The van der Waals surface area contributed by atoms with Crippen molar-refractivity contribution >= 4 is 5.91 Å². The number of pyridine rings is 1. The van der Waals surface area contributed by atoms with Gasteiger partial charge in [0.15, 0.2) is 0 Å². The van der Waals surface area contributed by atoms with Crippen molar-refractivity contribution in [1.29, 1.82) is 0 Å². The van der Waals surface area contributed by atoms with Crippen LogP contribution in [-0.4, -0.2) is 54.4 Å². The fourth-order valence-electron chi connectivity index (χ4n) is 2.44. The van der Waals surface area contributed by atoms with Crippen LogP contribution in [0.4, 0.5) is 0 Å². The van der Waals surface area contributed by atoms with Crippen LogP contribution in [-0.2, 0) is 4.79 Å². The number of aryl methyl sites for hydroxylation is 1. The molecule has 1 aliphatic rings. The Bertz CT molecular complexity index is 428. The molecule has 0 bridgehead atoms. The molecule has 0 aromatic carbocycles. The summed E-state index contributed by atoms with van der Waals surface area (Å²) in [6.07, 6.45) is 3.59. The van der Waals surface area contributed by atoms with E-state index in [4.69, 9.17) is 0 Å². The fourth-order valence-corrected chi connectivity index (χ4v) is 2.44. The molecule has 104 valence electrons. The van der Waals surface area contributed by atoms with E-state index in [0.717, 1.165) is 31.7 Å². The number of carbonyl (C=O) groups excluding carboxylic acids is 1. The molecule has 0 aliphatic carbocycles. The molecule has 2 rings (SSSR count). The minimum Gasteiger partial charge on any atom is -0.341 e. The average Bonchev–Trinajstić information content (AvgIpc) is 2.38. The number of amides is 1. The monoisotopic (exact) mass is 261 g/mol. The van der Waals surface area contributed by atoms with Crippen LogP contribution in [0.2, 0.25) is 0 Å². The molecule has 19 heavy (non-hydrogen) atoms. The summed E-state index contributed by atoms with van der Waals surface area (Å²) in [5.41, 5.74) is 2.23. The van der Waals surface area contributed by atoms with E-state index in [1.807, 2.05) is 38.2 Å². The molecule has 0 N–H and O–H groups in total. The molecule has 0 saturated carbocycles. The van der Waals surface area contributed by atoms with Gasteiger partial charge in [0.1, 0.15) is 0 Å². The summed E-state index contributed by atoms with van der Waals surface area (Å²) in [5.74, 6) is 0.620. The summed E-state index contributed by atoms with van der Waals surface area (Å²) in [6.45, 7) is 4.62. The maximum atomic E-state index is 12.1. The SMILES string of the molecule is Cc1ccc([C@@H]2CCN(CCN(C)C)C(=O)C2)cn1. The third-order valence-corrected chi connectivity index (χ3v) is 3.74. The van der Waals surface area contributed by atoms with Crippen molar-refractivity contribution in [2.24, 2.45) is 0 Å². The Labute approximate surface area is 115 Å². The van der Waals surface area contributed by atoms with Crippen LogP contribution >= 0.6 is 0 Å². The minimum absolute atomic E-state index is 0.277. The van der Waals surface area contributed by atoms with Crippen LogP contribution in [0.1, 0.15) is 30.0 Å². The summed E-state index contributed by atoms with van der Waals surface area (Å²) in [6, 6.07) is 4.13. The maximum Gasteiger partial charge on any atom is 0.223 e. The molecule has 0 radical (unpaired) electrons. The Morgan fingerprint density at radius 1 is 1.42 bits per heavy atom. The van der Waals surface area contributed by atoms with E-state index >= 15 is 0 Å². The number of aromatic nitrogens is 1. The summed E-state index contributed by atoms with van der Waals surface area (Å²) in [5, 5.41) is 0. The van der Waals surface area contributed by atoms with Gasteiger partial charge in [0, 0.05) is 37.9 Å². The first-order chi connectivity index (χ1) is 9.06. The highest BCUT2D eigenvalue weighted by atomic mass is 16.2. The Balaban J connectivity index is 1.92. The first kappa shape index (κ1) is 14.0. The Hall–Kier alpha value is -1.42. The van der Waals surface area contributed by atoms with Gasteiger partial charge in [-0.1, -0.05) is 6.07 Å². The Morgan fingerprint density at radius 2 is 2.21 bits per heavy atom. The van der Waals surface area contributed by atoms with Crippen molar-refractivity contribution < 1.29 is 4.79 Å². The van der Waals surface area contributed by atoms with E-state index in [9.17, 15) is 4.79 Å². The Morgan fingerprint density at radius 3 is 2.79 bits per heavy atom. The van der Waals surface area contributed by atoms with Crippen LogP contribution in [0.5, 0.6) is 0 Å². The first-order valence-electron chi connectivity index (χ1n) is 6.91. The van der Waals surface area contributed by atoms with E-state index < -0.39 is 0 Å². The van der Waals surface area contributed by atoms with E-state index in [1.165, 1.54) is 5.56 Å². The smallest absolute Gasteiger partial charge is 0.223 e. The van der Waals surface area contributed by atoms with Gasteiger partial charge in [0.25, 0.3) is 0 Å². The molecule has 0 unspecified atom stereocenters. The molecule has 1 amide bonds. The quantitative estimate of drug-likeness (QED) is 0.827. The molecular weight excluding hydrogens is 238 g/mol. The molecule has 1 saturated heterocycles. The lowest BCUT2D eigenvalue weighted by Gasteiger charge is -2.32. The molecular formula is C15H23N3O. The van der Waals surface area contributed by atoms with Gasteiger partial charge in [-0.15, -0.1) is 0 Å². The lowest BCUT2D eigenvalue weighted by Crippen LogP contribution is -2.41. The number of piperidine rings is 1. The van der Waals surface area contributed by atoms with Crippen LogP contribution in [0.25, 0.3) is 0 Å². The van der Waals surface area contributed by atoms with Gasteiger partial charge in [0.2, 0.25) is 5.91 Å². The average molecular weight is 261 g/mol. The van der Waals surface area contributed by atoms with Gasteiger partial charge >= 0.3 is 0 Å². The van der Waals surface area contributed by atoms with Crippen molar-refractivity contribution in [2.45, 2.75) is 25.7 Å². The summed E-state index contributed by atoms with van der Waals surface area (Å²) >= 11 is 0. The maximum absolute atomic E-state index is 12.1. The second-order valence-electron chi connectivity index (χ2n) is 5.61. The topological polar surface area (TPSA) is 36.4 Å². The fraction of sp³-hybridized carbons (Fsp3) is 0.600. The van der Waals surface area contributed by atoms with Gasteiger partial charge in [-0.2, -0.15) is 0 Å². The van der Waals surface area contributed by atoms with Gasteiger partial charge in [-0.25, -0.2) is 0 Å². The highest BCUT2D eigenvalue weighted by Crippen LogP contribution is 2.28. The molecule has 0 spiro atoms. The van der Waals surface area contributed by atoms with E-state index in [1.54, 1.807) is 0 Å². The summed E-state index contributed by atoms with van der Waals surface area (Å²) < 4.78 is 0. The van der Waals surface area contributed by atoms with Crippen molar-refractivity contribution in [3.63, 3.8) is 0 Å². The molecule has 4 heteroatoms. The predicted molar refractivity (Wildman–Crippen MR) is 76.1 cm³/mol. The molecule has 1 aromatic heterocycles. The number of hydrogen-bond donors (Lipinski definition) is 0. The highest BCUT2D eigenvalue weighted by molar-refractivity contribution is 5.78. The second-order valence-corrected chi connectivity index (χ2v) is 5.61. The van der Waals surface area contributed by atoms with Gasteiger partial charge in [0.05, 0.1) is 0 Å². The number of likely N-dealkylation sites (N-methyl/N-ethyl adjacent to an activating group) is 1. The van der Waals surface area contributed by atoms with Gasteiger partial charge < -0.3 is 9.80 Å². The molecule has 1 aliphatic heterocycles. The zero-order chi connectivity index (χ0) is 13.8. The molecule has 1 fully saturated rings. The number of nitrogens with zero attached hydrogens (tertiary/aromatic N) is 3. The van der Waals surface area contributed by atoms with Gasteiger partial charge in [-0.3, -0.25) is 9.78 Å². The van der Waals surface area contributed by atoms with E-state index in [0.29, 0.717) is 12.3 Å². The molecule has 1 atom stereocenters. The van der Waals surface area contributed by atoms with Crippen molar-refractivity contribution in [3.05, 3.63) is 29.6 Å². The number of likely N-dealkylation sites (tertiary alicyclic amines) is 1. The number of carbonyl (C=O) groups is 1. The van der Waals surface area contributed by atoms with Crippen molar-refractivity contribution in [3.8, 4) is 0 Å². The molecule has 4 nitrogen and oxygen atoms in total. The lowest BCUT2D eigenvalue weighted by molar-refractivity contribution is -0.134. The first-order valence-corrected chi connectivity index (χ1v) is 6.91. The zero-order valence-electron chi connectivity index (χ0n) is 12.1. The van der Waals surface area contributed by atoms with Crippen LogP contribution in [0.3, 0.4) is 0 Å². The minimum atomic E-state index is 0.277. The van der Waals surface area contributed by atoms with Crippen LogP contribution in [0.15, 0.2) is 18.3 Å². The van der Waals surface area contributed by atoms with Crippen LogP contribution < -0.4 is 0 Å². The lowest BCUT2D eigenvalue weighted by atomic mass is 9.90. The van der Waals surface area contributed by atoms with E-state index in [-0.39, 0.29) is 5.91 Å². The van der Waals surface area contributed by atoms with E-state index in [2.05, 4.69) is 16.0 Å². The third-order valence-electron chi connectivity index (χ3n) is 3.74. The molecule has 2 heterocycles. The number of rotatable bonds is 4. The zero-order valence-corrected chi connectivity index (χ0v) is 12.1. The standard InChI is InChI=1S/C15H23N3O/c1-12-4-5-14(11-16-12)13-6-7-18(15(19)10-13)9-8-17(2)3/h4-5,11,13H,6-10H2,1-3H3/t13-/m1/s1. The highest BCUT2D eigenvalue weighted by Gasteiger charge is 2.26. The molecule has 1 aromatic rings. The van der Waals surface area contributed by atoms with Gasteiger partial charge in [-0.05, 0) is 45.0 Å². The second kappa shape index (κ2) is 6.15. The normalized spacial score (nSPS) is 20.1. The number of hydrogen-bond acceptors (Lipinski definition) is 3. The summed E-state index contributed by atoms with van der Waals surface area (Å²) in [4.78, 5) is 20.6. The summed E-state index contributed by atoms with van der Waals surface area (Å²) in [7, 11) is 4.07. The largest absolute Gasteiger partial charge is 0.341 e. The predicted octanol–water partition coefficient (Wildman–Crippen LogP) is 1.66. The van der Waals surface area contributed by atoms with Crippen LogP contribution in [0, 0.1) is 6.92 Å². The van der Waals surface area contributed by atoms with Crippen molar-refractivity contribution in [2.75, 3.05) is 33.7 Å². The Kier molecular flexibility index (Phi) is 4.53.